The van der Waals surface area contributed by atoms with Crippen molar-refractivity contribution < 1.29 is 18.8 Å². The molecule has 0 fully saturated rings. The van der Waals surface area contributed by atoms with Gasteiger partial charge in [0.05, 0.1) is 33.4 Å². The zero-order chi connectivity index (χ0) is 30.9. The van der Waals surface area contributed by atoms with Gasteiger partial charge in [-0.3, -0.25) is 24.3 Å². The van der Waals surface area contributed by atoms with Gasteiger partial charge in [0.25, 0.3) is 11.8 Å². The molecule has 1 N–H and O–H groups in total. The predicted octanol–water partition coefficient (Wildman–Crippen LogP) is 8.01. The molecule has 0 spiro atoms. The van der Waals surface area contributed by atoms with Crippen LogP contribution in [0, 0.1) is 0 Å². The zero-order valence-corrected chi connectivity index (χ0v) is 27.4. The Morgan fingerprint density at radius 3 is 2.07 bits per heavy atom. The number of aromatic nitrogens is 1. The van der Waals surface area contributed by atoms with E-state index in [-0.39, 0.29) is 24.3 Å². The lowest BCUT2D eigenvalue weighted by atomic mass is 9.96. The lowest BCUT2D eigenvalue weighted by Gasteiger charge is -2.42. The lowest BCUT2D eigenvalue weighted by Crippen LogP contribution is -2.47. The van der Waals surface area contributed by atoms with Crippen molar-refractivity contribution >= 4 is 52.5 Å². The fraction of sp³-hybridized carbons (Fsp3) is 0.353. The molecule has 0 bridgehead atoms. The van der Waals surface area contributed by atoms with Crippen LogP contribution < -0.4 is 5.32 Å². The summed E-state index contributed by atoms with van der Waals surface area (Å²) in [6.07, 6.45) is 3.48. The van der Waals surface area contributed by atoms with Gasteiger partial charge in [0, 0.05) is 18.9 Å². The molecule has 0 saturated heterocycles. The SMILES string of the molecule is CC(C)[Si](OCc1ccc(C(CN2C(=O)c3ccccc3C2=O)C(=O)Nc2cc3ccncc3s2)cc1)(C(C)C)C(C)C. The highest BCUT2D eigenvalue weighted by atomic mass is 32.1. The van der Waals surface area contributed by atoms with Crippen molar-refractivity contribution in [2.45, 2.75) is 70.7 Å². The Kier molecular flexibility index (Phi) is 8.96. The average molecular weight is 614 g/mol. The molecule has 2 aromatic heterocycles. The highest BCUT2D eigenvalue weighted by Crippen LogP contribution is 2.43. The molecule has 9 heteroatoms. The topological polar surface area (TPSA) is 88.6 Å². The minimum Gasteiger partial charge on any atom is -0.412 e. The summed E-state index contributed by atoms with van der Waals surface area (Å²) in [5, 5.41) is 4.70. The second kappa shape index (κ2) is 12.5. The number of imide groups is 1. The van der Waals surface area contributed by atoms with Crippen molar-refractivity contribution in [1.29, 1.82) is 0 Å². The van der Waals surface area contributed by atoms with Crippen LogP contribution in [0.15, 0.2) is 73.1 Å². The van der Waals surface area contributed by atoms with Crippen molar-refractivity contribution in [3.63, 3.8) is 0 Å². The van der Waals surface area contributed by atoms with Crippen LogP contribution in [-0.4, -0.2) is 42.5 Å². The summed E-state index contributed by atoms with van der Waals surface area (Å²) in [7, 11) is -2.04. The molecule has 4 aromatic rings. The summed E-state index contributed by atoms with van der Waals surface area (Å²) in [6, 6.07) is 18.4. The second-order valence-electron chi connectivity index (χ2n) is 12.2. The normalized spacial score (nSPS) is 14.3. The lowest BCUT2D eigenvalue weighted by molar-refractivity contribution is -0.117. The molecule has 0 radical (unpaired) electrons. The van der Waals surface area contributed by atoms with E-state index in [0.29, 0.717) is 39.4 Å². The van der Waals surface area contributed by atoms with Gasteiger partial charge in [-0.1, -0.05) is 77.9 Å². The second-order valence-corrected chi connectivity index (χ2v) is 18.7. The molecule has 224 valence electrons. The van der Waals surface area contributed by atoms with Crippen LogP contribution in [0.3, 0.4) is 0 Å². The fourth-order valence-corrected chi connectivity index (χ4v) is 13.0. The van der Waals surface area contributed by atoms with Crippen molar-refractivity contribution in [2.75, 3.05) is 11.9 Å². The first-order valence-corrected chi connectivity index (χ1v) is 17.8. The monoisotopic (exact) mass is 613 g/mol. The van der Waals surface area contributed by atoms with Crippen LogP contribution in [0.25, 0.3) is 10.1 Å². The van der Waals surface area contributed by atoms with E-state index in [0.717, 1.165) is 21.2 Å². The molecular weight excluding hydrogens is 575 g/mol. The number of anilines is 1. The van der Waals surface area contributed by atoms with Crippen LogP contribution in [0.1, 0.15) is 79.3 Å². The highest BCUT2D eigenvalue weighted by molar-refractivity contribution is 7.22. The molecule has 7 nitrogen and oxygen atoms in total. The number of pyridine rings is 1. The van der Waals surface area contributed by atoms with Gasteiger partial charge in [0.1, 0.15) is 0 Å². The Bertz CT molecular complexity index is 1560. The van der Waals surface area contributed by atoms with Crippen LogP contribution in [0.2, 0.25) is 16.6 Å². The number of carbonyl (C=O) groups excluding carboxylic acids is 3. The minimum absolute atomic E-state index is 0.0649. The Morgan fingerprint density at radius 1 is 0.907 bits per heavy atom. The number of nitrogens with zero attached hydrogens (tertiary/aromatic N) is 2. The summed E-state index contributed by atoms with van der Waals surface area (Å²) in [6.45, 7) is 14.1. The molecule has 5 rings (SSSR count). The molecule has 43 heavy (non-hydrogen) atoms. The van der Waals surface area contributed by atoms with E-state index in [1.807, 2.05) is 36.4 Å². The van der Waals surface area contributed by atoms with Gasteiger partial charge in [-0.05, 0) is 57.4 Å². The van der Waals surface area contributed by atoms with Crippen LogP contribution in [-0.2, 0) is 15.8 Å². The standard InChI is InChI=1S/C34H39N3O4SSi/c1-21(2)43(22(3)4,23(5)6)41-20-24-11-13-25(14-12-24)29(19-37-33(39)27-9-7-8-10-28(27)34(37)40)32(38)36-31-17-26-15-16-35-18-30(26)42-31/h7-18,21-23,29H,19-20H2,1-6H3,(H,36,38). The van der Waals surface area contributed by atoms with E-state index in [1.54, 1.807) is 36.7 Å². The van der Waals surface area contributed by atoms with Crippen molar-refractivity contribution in [3.05, 3.63) is 95.3 Å². The first-order chi connectivity index (χ1) is 20.5. The summed E-state index contributed by atoms with van der Waals surface area (Å²) < 4.78 is 7.75. The number of carbonyl (C=O) groups is 3. The van der Waals surface area contributed by atoms with Crippen molar-refractivity contribution in [1.82, 2.24) is 9.88 Å². The molecule has 1 aliphatic rings. The number of hydrogen-bond donors (Lipinski definition) is 1. The molecule has 0 saturated carbocycles. The van der Waals surface area contributed by atoms with Crippen LogP contribution >= 0.6 is 11.3 Å². The summed E-state index contributed by atoms with van der Waals surface area (Å²) in [5.74, 6) is -1.82. The Labute approximate surface area is 258 Å². The number of hydrogen-bond acceptors (Lipinski definition) is 6. The Morgan fingerprint density at radius 2 is 1.51 bits per heavy atom. The molecule has 1 aliphatic heterocycles. The van der Waals surface area contributed by atoms with E-state index in [9.17, 15) is 14.4 Å². The van der Waals surface area contributed by atoms with E-state index in [1.165, 1.54) is 16.2 Å². The zero-order valence-electron chi connectivity index (χ0n) is 25.6. The van der Waals surface area contributed by atoms with Gasteiger partial charge >= 0.3 is 0 Å². The summed E-state index contributed by atoms with van der Waals surface area (Å²) in [5.41, 5.74) is 3.91. The molecule has 1 atom stereocenters. The fourth-order valence-electron chi connectivity index (χ4n) is 6.64. The van der Waals surface area contributed by atoms with Gasteiger partial charge in [0.15, 0.2) is 0 Å². The number of benzene rings is 2. The van der Waals surface area contributed by atoms with Crippen molar-refractivity contribution in [2.24, 2.45) is 0 Å². The maximum absolute atomic E-state index is 13.8. The Hall–Kier alpha value is -3.66. The van der Waals surface area contributed by atoms with E-state index in [2.05, 4.69) is 51.8 Å². The van der Waals surface area contributed by atoms with Crippen molar-refractivity contribution in [3.8, 4) is 0 Å². The van der Waals surface area contributed by atoms with E-state index < -0.39 is 14.2 Å². The maximum Gasteiger partial charge on any atom is 0.261 e. The summed E-state index contributed by atoms with van der Waals surface area (Å²) >= 11 is 1.44. The predicted molar refractivity (Wildman–Crippen MR) is 175 cm³/mol. The van der Waals surface area contributed by atoms with E-state index >= 15 is 0 Å². The van der Waals surface area contributed by atoms with Gasteiger partial charge in [-0.2, -0.15) is 0 Å². The molecule has 2 aromatic carbocycles. The summed E-state index contributed by atoms with van der Waals surface area (Å²) in [4.78, 5) is 45.7. The molecule has 1 unspecified atom stereocenters. The first kappa shape index (κ1) is 30.8. The largest absolute Gasteiger partial charge is 0.412 e. The smallest absolute Gasteiger partial charge is 0.261 e. The van der Waals surface area contributed by atoms with Gasteiger partial charge in [-0.25, -0.2) is 0 Å². The highest BCUT2D eigenvalue weighted by Gasteiger charge is 2.45. The molecule has 0 aliphatic carbocycles. The minimum atomic E-state index is -2.04. The third-order valence-electron chi connectivity index (χ3n) is 8.71. The number of fused-ring (bicyclic) bond motifs is 2. The quantitative estimate of drug-likeness (QED) is 0.137. The van der Waals surface area contributed by atoms with Gasteiger partial charge in [-0.15, -0.1) is 11.3 Å². The van der Waals surface area contributed by atoms with Gasteiger partial charge < -0.3 is 9.74 Å². The van der Waals surface area contributed by atoms with E-state index in [4.69, 9.17) is 4.43 Å². The number of thiophene rings is 1. The third-order valence-corrected chi connectivity index (χ3v) is 15.8. The van der Waals surface area contributed by atoms with Crippen LogP contribution in [0.5, 0.6) is 0 Å². The maximum atomic E-state index is 13.8. The molecule has 3 heterocycles. The Balaban J connectivity index is 1.41. The van der Waals surface area contributed by atoms with Crippen LogP contribution in [0.4, 0.5) is 5.00 Å². The number of amides is 3. The first-order valence-electron chi connectivity index (χ1n) is 14.8. The third kappa shape index (κ3) is 5.94. The van der Waals surface area contributed by atoms with Gasteiger partial charge in [0.2, 0.25) is 14.2 Å². The number of rotatable bonds is 11. The number of nitrogens with one attached hydrogen (secondary N) is 1. The molecular formula is C34H39N3O4SSi. The average Bonchev–Trinajstić information content (AvgIpc) is 3.49. The molecule has 3 amide bonds.